The molecule has 0 radical (unpaired) electrons. The number of pyridine rings is 1. The first-order chi connectivity index (χ1) is 32.9. The van der Waals surface area contributed by atoms with E-state index in [9.17, 15) is 24.3 Å². The maximum absolute atomic E-state index is 12.1. The molecule has 0 aliphatic rings. The Labute approximate surface area is 414 Å². The van der Waals surface area contributed by atoms with E-state index in [1.54, 1.807) is 88.6 Å². The minimum Gasteiger partial charge on any atom is -0.423 e. The van der Waals surface area contributed by atoms with Crippen LogP contribution in [0.25, 0.3) is 0 Å². The number of carbonyl (C=O) groups excluding carboxylic acids is 4. The lowest BCUT2D eigenvalue weighted by atomic mass is 9.96. The number of nitrogens with zero attached hydrogens (tertiary/aromatic N) is 1. The summed E-state index contributed by atoms with van der Waals surface area (Å²) < 4.78 is 26.4. The molecule has 1 aromatic heterocycles. The van der Waals surface area contributed by atoms with Gasteiger partial charge in [-0.3, -0.25) is 14.6 Å². The van der Waals surface area contributed by atoms with Gasteiger partial charge in [-0.2, -0.15) is 0 Å². The first-order valence-electron chi connectivity index (χ1n) is 23.0. The lowest BCUT2D eigenvalue weighted by molar-refractivity contribution is -0.116. The first kappa shape index (κ1) is 58.9. The molecule has 0 bridgehead atoms. The van der Waals surface area contributed by atoms with Crippen molar-refractivity contribution in [2.45, 2.75) is 104 Å². The van der Waals surface area contributed by atoms with E-state index in [0.29, 0.717) is 61.9 Å². The van der Waals surface area contributed by atoms with E-state index in [-0.39, 0.29) is 11.6 Å². The predicted molar refractivity (Wildman–Crippen MR) is 274 cm³/mol. The molecule has 5 rings (SSSR count). The molecule has 0 saturated heterocycles. The monoisotopic (exact) mass is 963 g/mol. The second-order valence-electron chi connectivity index (χ2n) is 17.0. The molecule has 0 atom stereocenters. The average Bonchev–Trinajstić information content (AvgIpc) is 3.32. The Kier molecular flexibility index (Phi) is 28.4. The zero-order chi connectivity index (χ0) is 50.9. The van der Waals surface area contributed by atoms with E-state index in [1.807, 2.05) is 80.6 Å². The van der Waals surface area contributed by atoms with Gasteiger partial charge in [-0.15, -0.1) is 0 Å². The number of Topliss-reactive ketones (excluding diaryl/α,β-unsaturated/α-hetero) is 2. The summed E-state index contributed by atoms with van der Waals surface area (Å²) in [5.74, 6) is 1.13. The molecule has 0 aliphatic carbocycles. The number of rotatable bonds is 23. The zero-order valence-electron chi connectivity index (χ0n) is 41.1. The lowest BCUT2D eigenvalue weighted by Crippen LogP contribution is -2.27. The molecule has 0 spiro atoms. The van der Waals surface area contributed by atoms with Gasteiger partial charge in [0.1, 0.15) is 17.1 Å². The van der Waals surface area contributed by atoms with Crippen LogP contribution in [0.2, 0.25) is 0 Å². The number of halogens is 1. The number of ether oxygens (including phenoxy) is 5. The van der Waals surface area contributed by atoms with Gasteiger partial charge < -0.3 is 28.8 Å². The van der Waals surface area contributed by atoms with Crippen molar-refractivity contribution in [1.82, 2.24) is 4.98 Å². The Morgan fingerprint density at radius 1 is 0.551 bits per heavy atom. The van der Waals surface area contributed by atoms with Crippen molar-refractivity contribution in [3.05, 3.63) is 186 Å². The molecule has 0 saturated carbocycles. The van der Waals surface area contributed by atoms with Crippen molar-refractivity contribution < 1.29 is 48.0 Å². The molecule has 0 unspecified atom stereocenters. The second-order valence-corrected chi connectivity index (χ2v) is 17.3. The SMILES string of the molecule is C=C(C)C(=O)CCCOCCCc1ccc(C(C)(C)O)cc1.C=C(C)C(=O)CCCOCCCc1ccc(C(C)(C)OC(=O)Oc2ccccc2)cc1.O=C(Cl)Oc1ccccc1.c1ccncc1. The molecular weight excluding hydrogens is 894 g/mol. The van der Waals surface area contributed by atoms with E-state index in [1.165, 1.54) is 11.1 Å². The maximum atomic E-state index is 12.1. The number of aryl methyl sites for hydroxylation is 2. The number of allylic oxidation sites excluding steroid dienone is 2. The van der Waals surface area contributed by atoms with Crippen LogP contribution in [0.1, 0.15) is 102 Å². The fraction of sp³-hybridized carbons (Fsp3) is 0.351. The highest BCUT2D eigenvalue weighted by molar-refractivity contribution is 6.61. The Bertz CT molecular complexity index is 2210. The molecule has 4 aromatic carbocycles. The summed E-state index contributed by atoms with van der Waals surface area (Å²) in [5, 5.41) is 9.90. The normalized spacial score (nSPS) is 10.6. The van der Waals surface area contributed by atoms with Crippen LogP contribution in [0.4, 0.5) is 9.59 Å². The largest absolute Gasteiger partial charge is 0.514 e. The number of aromatic nitrogens is 1. The Hall–Kier alpha value is -6.24. The van der Waals surface area contributed by atoms with E-state index >= 15 is 0 Å². The molecule has 12 heteroatoms. The Morgan fingerprint density at radius 2 is 0.942 bits per heavy atom. The van der Waals surface area contributed by atoms with Gasteiger partial charge in [-0.1, -0.05) is 104 Å². The van der Waals surface area contributed by atoms with E-state index in [0.717, 1.165) is 49.7 Å². The highest BCUT2D eigenvalue weighted by atomic mass is 35.5. The van der Waals surface area contributed by atoms with Crippen molar-refractivity contribution in [3.63, 3.8) is 0 Å². The average molecular weight is 965 g/mol. The lowest BCUT2D eigenvalue weighted by Gasteiger charge is -2.25. The summed E-state index contributed by atoms with van der Waals surface area (Å²) >= 11 is 4.95. The van der Waals surface area contributed by atoms with E-state index in [4.69, 9.17) is 30.5 Å². The summed E-state index contributed by atoms with van der Waals surface area (Å²) in [6, 6.07) is 39.3. The summed E-state index contributed by atoms with van der Waals surface area (Å²) in [7, 11) is 0. The smallest absolute Gasteiger partial charge is 0.423 e. The molecule has 1 N–H and O–H groups in total. The highest BCUT2D eigenvalue weighted by Gasteiger charge is 2.26. The number of hydrogen-bond donors (Lipinski definition) is 1. The molecule has 5 aromatic rings. The zero-order valence-corrected chi connectivity index (χ0v) is 41.9. The molecule has 370 valence electrons. The van der Waals surface area contributed by atoms with Crippen molar-refractivity contribution in [2.75, 3.05) is 26.4 Å². The summed E-state index contributed by atoms with van der Waals surface area (Å²) in [5.41, 5.74) is 3.05. The highest BCUT2D eigenvalue weighted by Crippen LogP contribution is 2.26. The van der Waals surface area contributed by atoms with Crippen molar-refractivity contribution in [2.24, 2.45) is 0 Å². The van der Waals surface area contributed by atoms with Crippen LogP contribution in [0.15, 0.2) is 164 Å². The number of ketones is 2. The number of carbonyl (C=O) groups is 4. The number of aliphatic hydroxyl groups is 1. The second kappa shape index (κ2) is 33.3. The van der Waals surface area contributed by atoms with E-state index in [2.05, 4.69) is 35.0 Å². The standard InChI is InChI=1S/C26H32O5.C19H28O3.C7H5ClO2.C5H5N/c1-20(2)24(27)13-9-19-29-18-8-10-21-14-16-22(17-15-21)26(3,4)31-25(28)30-23-11-6-5-7-12-23;1-15(2)18(20)8-6-14-22-13-5-7-16-9-11-17(12-10-16)19(3,4)21;8-7(9)10-6-4-2-1-3-5-6;1-2-4-6-5-3-1/h5-7,11-12,14-17H,1,8-10,13,18-19H2,2-4H3;9-12,21H,1,5-8,13-14H2,2-4H3;1-5H;1-5H. The fourth-order valence-electron chi connectivity index (χ4n) is 5.98. The van der Waals surface area contributed by atoms with Crippen LogP contribution in [-0.2, 0) is 47.8 Å². The van der Waals surface area contributed by atoms with Crippen LogP contribution in [0, 0.1) is 0 Å². The third kappa shape index (κ3) is 28.0. The van der Waals surface area contributed by atoms with Gasteiger partial charge in [0.2, 0.25) is 0 Å². The predicted octanol–water partition coefficient (Wildman–Crippen LogP) is 13.3. The van der Waals surface area contributed by atoms with Crippen LogP contribution >= 0.6 is 11.6 Å². The Balaban J connectivity index is 0.000000367. The van der Waals surface area contributed by atoms with Gasteiger partial charge in [-0.25, -0.2) is 9.59 Å². The number of hydrogen-bond acceptors (Lipinski definition) is 11. The molecule has 0 amide bonds. The Morgan fingerprint density at radius 3 is 1.30 bits per heavy atom. The third-order valence-corrected chi connectivity index (χ3v) is 10.0. The summed E-state index contributed by atoms with van der Waals surface area (Å²) in [6.45, 7) is 20.6. The molecule has 11 nitrogen and oxygen atoms in total. The van der Waals surface area contributed by atoms with Crippen molar-refractivity contribution in [1.29, 1.82) is 0 Å². The molecular formula is C57H70ClNO10. The van der Waals surface area contributed by atoms with Gasteiger partial charge in [0.05, 0.1) is 5.60 Å². The number of benzene rings is 4. The topological polar surface area (TPSA) is 148 Å². The molecule has 1 heterocycles. The van der Waals surface area contributed by atoms with Crippen LogP contribution in [0.5, 0.6) is 11.5 Å². The van der Waals surface area contributed by atoms with Crippen LogP contribution in [-0.4, -0.2) is 59.7 Å². The summed E-state index contributed by atoms with van der Waals surface area (Å²) in [6.07, 6.45) is 8.96. The van der Waals surface area contributed by atoms with Gasteiger partial charge in [0.15, 0.2) is 11.6 Å². The molecule has 0 aliphatic heterocycles. The van der Waals surface area contributed by atoms with Gasteiger partial charge in [0.25, 0.3) is 0 Å². The molecule has 69 heavy (non-hydrogen) atoms. The maximum Gasteiger partial charge on any atom is 0.514 e. The molecule has 0 fully saturated rings. The fourth-order valence-corrected chi connectivity index (χ4v) is 6.06. The van der Waals surface area contributed by atoms with Gasteiger partial charge >= 0.3 is 11.6 Å². The quantitative estimate of drug-likeness (QED) is 0.0219. The van der Waals surface area contributed by atoms with Crippen molar-refractivity contribution in [3.8, 4) is 11.5 Å². The number of para-hydroxylation sites is 2. The van der Waals surface area contributed by atoms with E-state index < -0.39 is 22.8 Å². The van der Waals surface area contributed by atoms with Gasteiger partial charge in [0, 0.05) is 63.3 Å². The van der Waals surface area contributed by atoms with Crippen LogP contribution in [0.3, 0.4) is 0 Å². The van der Waals surface area contributed by atoms with Gasteiger partial charge in [-0.05, 0) is 150 Å². The third-order valence-electron chi connectivity index (χ3n) is 9.95. The minimum atomic E-state index is -0.814. The van der Waals surface area contributed by atoms with Crippen molar-refractivity contribution >= 4 is 34.8 Å². The van der Waals surface area contributed by atoms with Crippen LogP contribution < -0.4 is 9.47 Å². The first-order valence-corrected chi connectivity index (χ1v) is 23.4. The summed E-state index contributed by atoms with van der Waals surface area (Å²) in [4.78, 5) is 48.9. The minimum absolute atomic E-state index is 0.101.